The third-order valence-corrected chi connectivity index (χ3v) is 3.10. The average molecular weight is 316 g/mol. The highest BCUT2D eigenvalue weighted by Gasteiger charge is 2.17. The van der Waals surface area contributed by atoms with E-state index < -0.39 is 11.7 Å². The molecular weight excluding hydrogens is 298 g/mol. The van der Waals surface area contributed by atoms with Crippen LogP contribution in [0.3, 0.4) is 0 Å². The lowest BCUT2D eigenvalue weighted by Gasteiger charge is -2.20. The highest BCUT2D eigenvalue weighted by molar-refractivity contribution is 9.10. The van der Waals surface area contributed by atoms with E-state index in [9.17, 15) is 4.79 Å². The van der Waals surface area contributed by atoms with Gasteiger partial charge < -0.3 is 9.47 Å². The van der Waals surface area contributed by atoms with Crippen molar-refractivity contribution < 1.29 is 14.3 Å². The molecule has 0 bridgehead atoms. The zero-order chi connectivity index (χ0) is 13.9. The van der Waals surface area contributed by atoms with Gasteiger partial charge in [0.05, 0.1) is 11.6 Å². The minimum absolute atomic E-state index is 0.480. The molecule has 0 heterocycles. The smallest absolute Gasteiger partial charge is 0.412 e. The van der Waals surface area contributed by atoms with Gasteiger partial charge in [-0.15, -0.1) is 0 Å². The highest BCUT2D eigenvalue weighted by Crippen LogP contribution is 2.31. The number of nitrogens with one attached hydrogen (secondary N) is 1. The van der Waals surface area contributed by atoms with Gasteiger partial charge in [0.2, 0.25) is 0 Å². The second kappa shape index (κ2) is 5.61. The van der Waals surface area contributed by atoms with Crippen molar-refractivity contribution in [3.05, 3.63) is 22.2 Å². The first-order chi connectivity index (χ1) is 8.23. The van der Waals surface area contributed by atoms with Crippen molar-refractivity contribution in [3.63, 3.8) is 0 Å². The fraction of sp³-hybridized carbons (Fsp3) is 0.462. The minimum atomic E-state index is -0.515. The summed E-state index contributed by atoms with van der Waals surface area (Å²) in [6, 6.07) is 3.58. The molecule has 4 nitrogen and oxygen atoms in total. The van der Waals surface area contributed by atoms with Gasteiger partial charge in [-0.05, 0) is 55.3 Å². The summed E-state index contributed by atoms with van der Waals surface area (Å²) in [6.07, 6.45) is -0.480. The maximum absolute atomic E-state index is 11.6. The van der Waals surface area contributed by atoms with Crippen LogP contribution in [0.1, 0.15) is 26.3 Å². The fourth-order valence-corrected chi connectivity index (χ4v) is 1.77. The number of rotatable bonds is 2. The fourth-order valence-electron chi connectivity index (χ4n) is 1.38. The van der Waals surface area contributed by atoms with E-state index in [1.807, 2.05) is 33.8 Å². The van der Waals surface area contributed by atoms with Gasteiger partial charge in [-0.25, -0.2) is 4.79 Å². The standard InChI is InChI=1S/C13H18BrNO3/c1-8-6-9(7-10(17-5)11(8)14)15-12(16)18-13(2,3)4/h6-7H,1-5H3,(H,15,16). The summed E-state index contributed by atoms with van der Waals surface area (Å²) in [7, 11) is 1.58. The molecule has 0 aliphatic carbocycles. The Labute approximate surface area is 116 Å². The van der Waals surface area contributed by atoms with E-state index in [2.05, 4.69) is 21.2 Å². The Balaban J connectivity index is 2.86. The molecule has 0 saturated heterocycles. The third kappa shape index (κ3) is 4.22. The molecule has 0 atom stereocenters. The Morgan fingerprint density at radius 3 is 2.44 bits per heavy atom. The number of carbonyl (C=O) groups excluding carboxylic acids is 1. The molecule has 1 rings (SSSR count). The van der Waals surface area contributed by atoms with E-state index in [1.165, 1.54) is 0 Å². The Kier molecular flexibility index (Phi) is 4.62. The lowest BCUT2D eigenvalue weighted by Crippen LogP contribution is -2.27. The van der Waals surface area contributed by atoms with E-state index in [1.54, 1.807) is 13.2 Å². The molecule has 0 fully saturated rings. The van der Waals surface area contributed by atoms with Gasteiger partial charge >= 0.3 is 6.09 Å². The molecule has 0 aliphatic rings. The van der Waals surface area contributed by atoms with Crippen molar-refractivity contribution in [1.82, 2.24) is 0 Å². The second-order valence-electron chi connectivity index (χ2n) is 4.94. The number of aryl methyl sites for hydroxylation is 1. The van der Waals surface area contributed by atoms with Crippen LogP contribution in [0.15, 0.2) is 16.6 Å². The molecule has 0 spiro atoms. The number of amides is 1. The van der Waals surface area contributed by atoms with Gasteiger partial charge in [-0.1, -0.05) is 0 Å². The number of hydrogen-bond acceptors (Lipinski definition) is 3. The Bertz CT molecular complexity index is 452. The van der Waals surface area contributed by atoms with Gasteiger partial charge in [0.25, 0.3) is 0 Å². The molecule has 0 radical (unpaired) electrons. The van der Waals surface area contributed by atoms with Gasteiger partial charge in [0, 0.05) is 11.8 Å². The first kappa shape index (κ1) is 14.8. The molecule has 0 aromatic heterocycles. The average Bonchev–Trinajstić information content (AvgIpc) is 2.20. The Morgan fingerprint density at radius 2 is 1.94 bits per heavy atom. The molecule has 18 heavy (non-hydrogen) atoms. The highest BCUT2D eigenvalue weighted by atomic mass is 79.9. The van der Waals surface area contributed by atoms with Crippen LogP contribution in [0.2, 0.25) is 0 Å². The van der Waals surface area contributed by atoms with E-state index in [0.29, 0.717) is 11.4 Å². The number of hydrogen-bond donors (Lipinski definition) is 1. The number of benzene rings is 1. The minimum Gasteiger partial charge on any atom is -0.495 e. The summed E-state index contributed by atoms with van der Waals surface area (Å²) in [5, 5.41) is 2.68. The van der Waals surface area contributed by atoms with Crippen LogP contribution in [-0.4, -0.2) is 18.8 Å². The monoisotopic (exact) mass is 315 g/mol. The van der Waals surface area contributed by atoms with Crippen LogP contribution in [-0.2, 0) is 4.74 Å². The third-order valence-electron chi connectivity index (χ3n) is 2.09. The van der Waals surface area contributed by atoms with Crippen LogP contribution >= 0.6 is 15.9 Å². The van der Waals surface area contributed by atoms with Crippen LogP contribution in [0, 0.1) is 6.92 Å². The summed E-state index contributed by atoms with van der Waals surface area (Å²) in [4.78, 5) is 11.6. The molecular formula is C13H18BrNO3. The van der Waals surface area contributed by atoms with Gasteiger partial charge in [0.15, 0.2) is 0 Å². The number of carbonyl (C=O) groups is 1. The summed E-state index contributed by atoms with van der Waals surface area (Å²) in [5.41, 5.74) is 1.10. The maximum Gasteiger partial charge on any atom is 0.412 e. The summed E-state index contributed by atoms with van der Waals surface area (Å²) < 4.78 is 11.3. The summed E-state index contributed by atoms with van der Waals surface area (Å²) >= 11 is 3.42. The molecule has 0 aliphatic heterocycles. The lowest BCUT2D eigenvalue weighted by molar-refractivity contribution is 0.0636. The zero-order valence-corrected chi connectivity index (χ0v) is 12.8. The molecule has 0 saturated carbocycles. The number of anilines is 1. The maximum atomic E-state index is 11.6. The van der Waals surface area contributed by atoms with Gasteiger partial charge in [-0.3, -0.25) is 5.32 Å². The van der Waals surface area contributed by atoms with Crippen LogP contribution in [0.4, 0.5) is 10.5 Å². The second-order valence-corrected chi connectivity index (χ2v) is 5.73. The number of halogens is 1. The first-order valence-electron chi connectivity index (χ1n) is 5.57. The van der Waals surface area contributed by atoms with Gasteiger partial charge in [0.1, 0.15) is 11.4 Å². The molecule has 1 N–H and O–H groups in total. The Hall–Kier alpha value is -1.23. The normalized spacial score (nSPS) is 11.0. The van der Waals surface area contributed by atoms with Gasteiger partial charge in [-0.2, -0.15) is 0 Å². The predicted molar refractivity (Wildman–Crippen MR) is 75.3 cm³/mol. The van der Waals surface area contributed by atoms with Crippen molar-refractivity contribution in [1.29, 1.82) is 0 Å². The molecule has 1 amide bonds. The summed E-state index contributed by atoms with van der Waals surface area (Å²) in [5.74, 6) is 0.668. The molecule has 0 unspecified atom stereocenters. The van der Waals surface area contributed by atoms with Crippen LogP contribution < -0.4 is 10.1 Å². The molecule has 1 aromatic carbocycles. The Morgan fingerprint density at radius 1 is 1.33 bits per heavy atom. The largest absolute Gasteiger partial charge is 0.495 e. The SMILES string of the molecule is COc1cc(NC(=O)OC(C)(C)C)cc(C)c1Br. The summed E-state index contributed by atoms with van der Waals surface area (Å²) in [6.45, 7) is 7.38. The predicted octanol–water partition coefficient (Wildman–Crippen LogP) is 4.11. The molecule has 5 heteroatoms. The van der Waals surface area contributed by atoms with E-state index in [4.69, 9.17) is 9.47 Å². The topological polar surface area (TPSA) is 47.6 Å². The van der Waals surface area contributed by atoms with E-state index in [-0.39, 0.29) is 0 Å². The quantitative estimate of drug-likeness (QED) is 0.893. The lowest BCUT2D eigenvalue weighted by atomic mass is 10.2. The van der Waals surface area contributed by atoms with E-state index >= 15 is 0 Å². The molecule has 100 valence electrons. The van der Waals surface area contributed by atoms with Crippen molar-refractivity contribution >= 4 is 27.7 Å². The zero-order valence-electron chi connectivity index (χ0n) is 11.3. The van der Waals surface area contributed by atoms with Crippen molar-refractivity contribution in [2.75, 3.05) is 12.4 Å². The van der Waals surface area contributed by atoms with E-state index in [0.717, 1.165) is 10.0 Å². The van der Waals surface area contributed by atoms with Crippen LogP contribution in [0.5, 0.6) is 5.75 Å². The van der Waals surface area contributed by atoms with Crippen molar-refractivity contribution in [2.45, 2.75) is 33.3 Å². The van der Waals surface area contributed by atoms with Crippen molar-refractivity contribution in [3.8, 4) is 5.75 Å². The van der Waals surface area contributed by atoms with Crippen LogP contribution in [0.25, 0.3) is 0 Å². The number of ether oxygens (including phenoxy) is 2. The molecule has 1 aromatic rings. The first-order valence-corrected chi connectivity index (χ1v) is 6.36. The van der Waals surface area contributed by atoms with Crippen molar-refractivity contribution in [2.24, 2.45) is 0 Å². The number of methoxy groups -OCH3 is 1.